The van der Waals surface area contributed by atoms with Crippen molar-refractivity contribution in [2.75, 3.05) is 0 Å². The molecule has 0 spiro atoms. The predicted octanol–water partition coefficient (Wildman–Crippen LogP) is 3.73. The zero-order valence-corrected chi connectivity index (χ0v) is 14.6. The normalized spacial score (nSPS) is 36.1. The van der Waals surface area contributed by atoms with Crippen LogP contribution < -0.4 is 0 Å². The number of aryl methyl sites for hydroxylation is 1. The standard InChI is InChI=1S/C20H24O4/c1-18(2)19(3)11-12-20(18,24-16(19)21)17(22)23-15-10-6-8-13-7-4-5-9-14(13)15/h4-5,7,9,15H,6,8,10-12H2,1-3H3/t15?,19?,20-/m1/s1. The first kappa shape index (κ1) is 15.7. The molecule has 0 amide bonds. The summed E-state index contributed by atoms with van der Waals surface area (Å²) in [6, 6.07) is 8.13. The van der Waals surface area contributed by atoms with Crippen molar-refractivity contribution < 1.29 is 19.1 Å². The Morgan fingerprint density at radius 3 is 2.62 bits per heavy atom. The van der Waals surface area contributed by atoms with Crippen LogP contribution in [-0.2, 0) is 25.5 Å². The molecule has 1 aliphatic heterocycles. The molecule has 128 valence electrons. The fourth-order valence-electron chi connectivity index (χ4n) is 4.76. The van der Waals surface area contributed by atoms with Gasteiger partial charge in [0.1, 0.15) is 6.10 Å². The maximum atomic E-state index is 13.1. The molecule has 2 unspecified atom stereocenters. The molecular weight excluding hydrogens is 304 g/mol. The first-order valence-electron chi connectivity index (χ1n) is 8.84. The molecule has 2 fully saturated rings. The number of fused-ring (bicyclic) bond motifs is 3. The van der Waals surface area contributed by atoms with Gasteiger partial charge in [-0.2, -0.15) is 0 Å². The van der Waals surface area contributed by atoms with Crippen LogP contribution >= 0.6 is 0 Å². The maximum Gasteiger partial charge on any atom is 0.351 e. The summed E-state index contributed by atoms with van der Waals surface area (Å²) in [5.74, 6) is -0.636. The van der Waals surface area contributed by atoms with Crippen LogP contribution in [0.2, 0.25) is 0 Å². The third kappa shape index (κ3) is 1.74. The van der Waals surface area contributed by atoms with E-state index < -0.39 is 16.4 Å². The molecule has 1 saturated carbocycles. The smallest absolute Gasteiger partial charge is 0.351 e. The Labute approximate surface area is 142 Å². The molecule has 3 atom stereocenters. The van der Waals surface area contributed by atoms with Crippen molar-refractivity contribution in [1.29, 1.82) is 0 Å². The molecule has 3 aliphatic rings. The summed E-state index contributed by atoms with van der Waals surface area (Å²) in [6.07, 6.45) is 3.84. The summed E-state index contributed by atoms with van der Waals surface area (Å²) in [6.45, 7) is 5.83. The molecule has 1 saturated heterocycles. The summed E-state index contributed by atoms with van der Waals surface area (Å²) in [5, 5.41) is 0. The first-order valence-corrected chi connectivity index (χ1v) is 8.84. The molecule has 2 bridgehead atoms. The van der Waals surface area contributed by atoms with E-state index in [2.05, 4.69) is 6.07 Å². The molecule has 1 aromatic carbocycles. The second kappa shape index (κ2) is 4.84. The predicted molar refractivity (Wildman–Crippen MR) is 88.2 cm³/mol. The third-order valence-corrected chi connectivity index (χ3v) is 6.98. The minimum Gasteiger partial charge on any atom is -0.455 e. The van der Waals surface area contributed by atoms with E-state index in [1.54, 1.807) is 0 Å². The lowest BCUT2D eigenvalue weighted by molar-refractivity contribution is -0.188. The van der Waals surface area contributed by atoms with Gasteiger partial charge in [0.15, 0.2) is 0 Å². The topological polar surface area (TPSA) is 52.6 Å². The Morgan fingerprint density at radius 2 is 1.96 bits per heavy atom. The summed E-state index contributed by atoms with van der Waals surface area (Å²) in [4.78, 5) is 25.5. The number of esters is 2. The molecule has 2 aliphatic carbocycles. The fraction of sp³-hybridized carbons (Fsp3) is 0.600. The van der Waals surface area contributed by atoms with Crippen molar-refractivity contribution >= 4 is 11.9 Å². The van der Waals surface area contributed by atoms with E-state index >= 15 is 0 Å². The van der Waals surface area contributed by atoms with Crippen molar-refractivity contribution in [2.45, 2.75) is 64.6 Å². The molecule has 0 aromatic heterocycles. The average Bonchev–Trinajstić information content (AvgIpc) is 2.85. The monoisotopic (exact) mass is 328 g/mol. The highest BCUT2D eigenvalue weighted by molar-refractivity contribution is 5.93. The second-order valence-corrected chi connectivity index (χ2v) is 8.16. The minimum atomic E-state index is -1.13. The van der Waals surface area contributed by atoms with Gasteiger partial charge in [-0.1, -0.05) is 38.1 Å². The van der Waals surface area contributed by atoms with Crippen molar-refractivity contribution in [3.8, 4) is 0 Å². The van der Waals surface area contributed by atoms with Gasteiger partial charge in [-0.3, -0.25) is 4.79 Å². The molecule has 1 heterocycles. The van der Waals surface area contributed by atoms with Crippen molar-refractivity contribution in [3.63, 3.8) is 0 Å². The van der Waals surface area contributed by atoms with Crippen LogP contribution in [0.15, 0.2) is 24.3 Å². The lowest BCUT2D eigenvalue weighted by atomic mass is 9.66. The zero-order chi connectivity index (χ0) is 17.2. The number of hydrogen-bond donors (Lipinski definition) is 0. The largest absolute Gasteiger partial charge is 0.455 e. The van der Waals surface area contributed by atoms with Gasteiger partial charge >= 0.3 is 11.9 Å². The maximum absolute atomic E-state index is 13.1. The van der Waals surface area contributed by atoms with Crippen LogP contribution in [0.3, 0.4) is 0 Å². The van der Waals surface area contributed by atoms with Crippen LogP contribution in [0.1, 0.15) is 63.7 Å². The summed E-state index contributed by atoms with van der Waals surface area (Å²) in [7, 11) is 0. The molecule has 4 heteroatoms. The Bertz CT molecular complexity index is 722. The van der Waals surface area contributed by atoms with E-state index in [0.29, 0.717) is 12.8 Å². The van der Waals surface area contributed by atoms with Gasteiger partial charge in [0.2, 0.25) is 5.60 Å². The highest BCUT2D eigenvalue weighted by Gasteiger charge is 2.76. The molecule has 1 aromatic rings. The number of hydrogen-bond acceptors (Lipinski definition) is 4. The van der Waals surface area contributed by atoms with E-state index in [1.807, 2.05) is 39.0 Å². The van der Waals surface area contributed by atoms with E-state index in [1.165, 1.54) is 5.56 Å². The van der Waals surface area contributed by atoms with Crippen molar-refractivity contribution in [1.82, 2.24) is 0 Å². The Hall–Kier alpha value is -1.84. The van der Waals surface area contributed by atoms with E-state index in [0.717, 1.165) is 24.8 Å². The van der Waals surface area contributed by atoms with Gasteiger partial charge in [-0.25, -0.2) is 4.79 Å². The van der Waals surface area contributed by atoms with Crippen LogP contribution in [0, 0.1) is 10.8 Å². The van der Waals surface area contributed by atoms with E-state index in [4.69, 9.17) is 9.47 Å². The number of ether oxygens (including phenoxy) is 2. The molecule has 4 rings (SSSR count). The van der Waals surface area contributed by atoms with Gasteiger partial charge in [-0.15, -0.1) is 0 Å². The Morgan fingerprint density at radius 1 is 1.21 bits per heavy atom. The number of carbonyl (C=O) groups is 2. The molecule has 24 heavy (non-hydrogen) atoms. The Kier molecular flexibility index (Phi) is 3.16. The molecule has 0 N–H and O–H groups in total. The Balaban J connectivity index is 1.64. The van der Waals surface area contributed by atoms with Crippen LogP contribution in [-0.4, -0.2) is 17.5 Å². The van der Waals surface area contributed by atoms with Crippen molar-refractivity contribution in [3.05, 3.63) is 35.4 Å². The lowest BCUT2D eigenvalue weighted by Gasteiger charge is -2.36. The zero-order valence-electron chi connectivity index (χ0n) is 14.6. The number of rotatable bonds is 2. The third-order valence-electron chi connectivity index (χ3n) is 6.98. The van der Waals surface area contributed by atoms with Crippen LogP contribution in [0.5, 0.6) is 0 Å². The highest BCUT2D eigenvalue weighted by Crippen LogP contribution is 2.66. The fourth-order valence-corrected chi connectivity index (χ4v) is 4.76. The van der Waals surface area contributed by atoms with Crippen LogP contribution in [0.25, 0.3) is 0 Å². The quantitative estimate of drug-likeness (QED) is 0.776. The van der Waals surface area contributed by atoms with E-state index in [9.17, 15) is 9.59 Å². The second-order valence-electron chi connectivity index (χ2n) is 8.16. The summed E-state index contributed by atoms with van der Waals surface area (Å²) >= 11 is 0. The van der Waals surface area contributed by atoms with Crippen LogP contribution in [0.4, 0.5) is 0 Å². The van der Waals surface area contributed by atoms with E-state index in [-0.39, 0.29) is 18.0 Å². The minimum absolute atomic E-state index is 0.237. The summed E-state index contributed by atoms with van der Waals surface area (Å²) < 4.78 is 11.6. The van der Waals surface area contributed by atoms with Crippen molar-refractivity contribution in [2.24, 2.45) is 10.8 Å². The first-order chi connectivity index (χ1) is 11.3. The molecule has 4 nitrogen and oxygen atoms in total. The highest BCUT2D eigenvalue weighted by atomic mass is 16.6. The molecular formula is C20H24O4. The summed E-state index contributed by atoms with van der Waals surface area (Å²) in [5.41, 5.74) is 0.0544. The lowest BCUT2D eigenvalue weighted by Crippen LogP contribution is -2.49. The number of benzene rings is 1. The van der Waals surface area contributed by atoms with Gasteiger partial charge in [0.05, 0.1) is 5.41 Å². The average molecular weight is 328 g/mol. The van der Waals surface area contributed by atoms with Gasteiger partial charge in [-0.05, 0) is 50.2 Å². The van der Waals surface area contributed by atoms with Gasteiger partial charge in [0, 0.05) is 5.41 Å². The number of carbonyl (C=O) groups excluding carboxylic acids is 2. The molecule has 0 radical (unpaired) electrons. The van der Waals surface area contributed by atoms with Gasteiger partial charge in [0.25, 0.3) is 0 Å². The van der Waals surface area contributed by atoms with Gasteiger partial charge < -0.3 is 9.47 Å². The SMILES string of the molecule is CC12CC[C@](C(=O)OC3CCCc4ccccc43)(OC1=O)C2(C)C.